The summed E-state index contributed by atoms with van der Waals surface area (Å²) < 4.78 is 0. The molecule has 342 valence electrons. The standard InChI is InChI=1S/C44H66ClN9O8/c1-8-23-48(30-22-45)36-20-18-35(19-21-36)16-15-17-38(56)47-31-39(57)50(25-10-3)34-41(59)52(27-12-5)43(61)54(29-14-7)44(62)53(28-13-6)42(60)51(26-11-4)33-40(58)49(24-9-2)32-37(46)55/h2-3,18-21H,8,11-17,22-34H2,1,4-7H3,(H2,46,55)(H,47,56). The Hall–Kier alpha value is -5.81. The molecule has 17 nitrogen and oxygen atoms in total. The van der Waals surface area contributed by atoms with Crippen LogP contribution in [0.4, 0.5) is 20.1 Å². The van der Waals surface area contributed by atoms with Gasteiger partial charge in [0.05, 0.1) is 19.6 Å². The number of hydrogen-bond donors (Lipinski definition) is 2. The molecule has 62 heavy (non-hydrogen) atoms. The van der Waals surface area contributed by atoms with Gasteiger partial charge in [0.1, 0.15) is 19.6 Å². The second kappa shape index (κ2) is 30.3. The van der Waals surface area contributed by atoms with E-state index in [0.717, 1.165) is 60.2 Å². The van der Waals surface area contributed by atoms with Crippen LogP contribution in [-0.4, -0.2) is 161 Å². The van der Waals surface area contributed by atoms with Crippen LogP contribution < -0.4 is 16.0 Å². The topological polar surface area (TPSA) is 197 Å². The Bertz CT molecular complexity index is 1720. The highest BCUT2D eigenvalue weighted by Crippen LogP contribution is 2.18. The van der Waals surface area contributed by atoms with E-state index in [-0.39, 0.29) is 58.0 Å². The molecule has 0 bridgehead atoms. The average molecular weight is 885 g/mol. The van der Waals surface area contributed by atoms with Crippen molar-refractivity contribution >= 4 is 64.9 Å². The van der Waals surface area contributed by atoms with Gasteiger partial charge in [-0.25, -0.2) is 24.2 Å². The average Bonchev–Trinajstić information content (AvgIpc) is 3.24. The lowest BCUT2D eigenvalue weighted by Gasteiger charge is -2.35. The van der Waals surface area contributed by atoms with Crippen molar-refractivity contribution in [1.82, 2.24) is 34.7 Å². The molecule has 1 rings (SSSR count). The molecule has 0 saturated heterocycles. The lowest BCUT2D eigenvalue weighted by atomic mass is 10.1. The smallest absolute Gasteiger partial charge is 0.336 e. The van der Waals surface area contributed by atoms with Crippen LogP contribution >= 0.6 is 11.6 Å². The van der Waals surface area contributed by atoms with E-state index in [1.54, 1.807) is 27.7 Å². The molecule has 0 spiro atoms. The normalized spacial score (nSPS) is 10.4. The molecule has 11 amide bonds. The number of imide groups is 3. The Morgan fingerprint density at radius 2 is 1.11 bits per heavy atom. The van der Waals surface area contributed by atoms with Gasteiger partial charge in [0.15, 0.2) is 0 Å². The van der Waals surface area contributed by atoms with Crippen molar-refractivity contribution in [2.45, 2.75) is 86.0 Å². The zero-order valence-electron chi connectivity index (χ0n) is 37.2. The number of aryl methyl sites for hydroxylation is 1. The highest BCUT2D eigenvalue weighted by molar-refractivity contribution is 6.18. The summed E-state index contributed by atoms with van der Waals surface area (Å²) in [6, 6.07) is 5.22. The summed E-state index contributed by atoms with van der Waals surface area (Å²) in [6.07, 6.45) is 14.5. The minimum absolute atomic E-state index is 0.0446. The molecule has 0 atom stereocenters. The molecule has 0 radical (unpaired) electrons. The van der Waals surface area contributed by atoms with Gasteiger partial charge in [-0.3, -0.25) is 28.9 Å². The Balaban J connectivity index is 3.11. The Kier molecular flexibility index (Phi) is 26.5. The second-order valence-corrected chi connectivity index (χ2v) is 14.8. The number of amides is 11. The summed E-state index contributed by atoms with van der Waals surface area (Å²) in [5, 5.41) is 2.59. The number of nitrogens with two attached hydrogens (primary N) is 1. The number of carbonyl (C=O) groups is 8. The largest absolute Gasteiger partial charge is 0.370 e. The van der Waals surface area contributed by atoms with Crippen LogP contribution in [0.3, 0.4) is 0 Å². The third kappa shape index (κ3) is 18.4. The predicted octanol–water partition coefficient (Wildman–Crippen LogP) is 3.72. The van der Waals surface area contributed by atoms with E-state index in [1.807, 2.05) is 24.3 Å². The minimum atomic E-state index is -1.01. The predicted molar refractivity (Wildman–Crippen MR) is 240 cm³/mol. The van der Waals surface area contributed by atoms with E-state index >= 15 is 0 Å². The van der Waals surface area contributed by atoms with Crippen LogP contribution in [0, 0.1) is 24.7 Å². The summed E-state index contributed by atoms with van der Waals surface area (Å²) in [7, 11) is 0. The number of rotatable bonds is 27. The van der Waals surface area contributed by atoms with E-state index < -0.39 is 67.9 Å². The number of terminal acetylenes is 2. The van der Waals surface area contributed by atoms with Gasteiger partial charge in [-0.15, -0.1) is 24.4 Å². The van der Waals surface area contributed by atoms with Crippen molar-refractivity contribution in [3.63, 3.8) is 0 Å². The van der Waals surface area contributed by atoms with Crippen LogP contribution in [0.2, 0.25) is 0 Å². The number of halogens is 1. The molecular weight excluding hydrogens is 818 g/mol. The first-order chi connectivity index (χ1) is 29.7. The maximum absolute atomic E-state index is 14.2. The summed E-state index contributed by atoms with van der Waals surface area (Å²) in [5.41, 5.74) is 7.42. The van der Waals surface area contributed by atoms with Gasteiger partial charge in [-0.05, 0) is 62.6 Å². The molecule has 0 unspecified atom stereocenters. The number of benzene rings is 1. The molecule has 0 fully saturated rings. The van der Waals surface area contributed by atoms with Crippen molar-refractivity contribution in [2.24, 2.45) is 5.73 Å². The van der Waals surface area contributed by atoms with E-state index in [9.17, 15) is 38.4 Å². The number of alkyl halides is 1. The lowest BCUT2D eigenvalue weighted by molar-refractivity contribution is -0.138. The highest BCUT2D eigenvalue weighted by atomic mass is 35.5. The molecule has 1 aromatic carbocycles. The van der Waals surface area contributed by atoms with Crippen LogP contribution in [0.5, 0.6) is 0 Å². The minimum Gasteiger partial charge on any atom is -0.370 e. The Labute approximate surface area is 372 Å². The van der Waals surface area contributed by atoms with E-state index in [4.69, 9.17) is 30.2 Å². The molecule has 0 aliphatic heterocycles. The molecule has 0 aliphatic rings. The number of primary amides is 1. The zero-order valence-corrected chi connectivity index (χ0v) is 37.9. The molecule has 1 aromatic rings. The number of anilines is 1. The maximum atomic E-state index is 14.2. The first-order valence-electron chi connectivity index (χ1n) is 21.3. The van der Waals surface area contributed by atoms with Crippen LogP contribution in [0.15, 0.2) is 24.3 Å². The molecular formula is C44H66ClN9O8. The van der Waals surface area contributed by atoms with Crippen molar-refractivity contribution in [3.05, 3.63) is 29.8 Å². The third-order valence-electron chi connectivity index (χ3n) is 9.29. The molecule has 3 N–H and O–H groups in total. The lowest BCUT2D eigenvalue weighted by Crippen LogP contribution is -2.58. The van der Waals surface area contributed by atoms with Crippen LogP contribution in [0.1, 0.15) is 85.1 Å². The fourth-order valence-corrected chi connectivity index (χ4v) is 6.55. The molecule has 0 aliphatic carbocycles. The third-order valence-corrected chi connectivity index (χ3v) is 9.45. The highest BCUT2D eigenvalue weighted by Gasteiger charge is 2.37. The van der Waals surface area contributed by atoms with Crippen molar-refractivity contribution in [3.8, 4) is 24.7 Å². The molecule has 0 aromatic heterocycles. The summed E-state index contributed by atoms with van der Waals surface area (Å²) in [4.78, 5) is 115. The fourth-order valence-electron chi connectivity index (χ4n) is 6.35. The van der Waals surface area contributed by atoms with Crippen molar-refractivity contribution in [2.75, 3.05) is 89.3 Å². The summed E-state index contributed by atoms with van der Waals surface area (Å²) in [5.74, 6) is 1.82. The number of nitrogens with zero attached hydrogens (tertiary/aromatic N) is 7. The van der Waals surface area contributed by atoms with Gasteiger partial charge < -0.3 is 30.7 Å². The summed E-state index contributed by atoms with van der Waals surface area (Å²) >= 11 is 5.96. The fraction of sp³-hybridized carbons (Fsp3) is 0.591. The first-order valence-corrected chi connectivity index (χ1v) is 21.8. The second-order valence-electron chi connectivity index (χ2n) is 14.5. The van der Waals surface area contributed by atoms with E-state index in [2.05, 4.69) is 29.0 Å². The van der Waals surface area contributed by atoms with Gasteiger partial charge in [0, 0.05) is 57.3 Å². The molecule has 0 heterocycles. The van der Waals surface area contributed by atoms with Gasteiger partial charge >= 0.3 is 18.1 Å². The van der Waals surface area contributed by atoms with E-state index in [1.165, 1.54) is 0 Å². The summed E-state index contributed by atoms with van der Waals surface area (Å²) in [6.45, 7) is 7.67. The maximum Gasteiger partial charge on any atom is 0.336 e. The van der Waals surface area contributed by atoms with Crippen LogP contribution in [-0.2, 0) is 30.4 Å². The van der Waals surface area contributed by atoms with Gasteiger partial charge in [-0.1, -0.05) is 58.6 Å². The van der Waals surface area contributed by atoms with Gasteiger partial charge in [-0.2, -0.15) is 0 Å². The van der Waals surface area contributed by atoms with E-state index in [0.29, 0.717) is 38.0 Å². The molecule has 18 heteroatoms. The van der Waals surface area contributed by atoms with Crippen molar-refractivity contribution < 1.29 is 38.4 Å². The number of hydrogen-bond acceptors (Lipinski definition) is 9. The zero-order chi connectivity index (χ0) is 46.6. The number of nitrogens with one attached hydrogen (secondary N) is 1. The molecule has 0 saturated carbocycles. The number of urea groups is 3. The van der Waals surface area contributed by atoms with Crippen LogP contribution in [0.25, 0.3) is 0 Å². The Morgan fingerprint density at radius 1 is 0.613 bits per heavy atom. The van der Waals surface area contributed by atoms with Gasteiger partial charge in [0.2, 0.25) is 29.5 Å². The monoisotopic (exact) mass is 883 g/mol. The quantitative estimate of drug-likeness (QED) is 0.0978. The first kappa shape index (κ1) is 54.2. The van der Waals surface area contributed by atoms with Crippen molar-refractivity contribution in [1.29, 1.82) is 0 Å². The SMILES string of the molecule is C#CCN(CC(N)=O)C(=O)CN(CCC)C(=O)N(CCC)C(=O)N(CCC)C(=O)N(CCC)C(=O)CN(CC#C)C(=O)CNC(=O)CCCc1ccc(N(CCC)CCCl)cc1. The number of carbonyl (C=O) groups excluding carboxylic acids is 8. The Morgan fingerprint density at radius 3 is 1.63 bits per heavy atom. The van der Waals surface area contributed by atoms with Gasteiger partial charge in [0.25, 0.3) is 0 Å².